The van der Waals surface area contributed by atoms with Crippen LogP contribution in [0, 0.1) is 12.7 Å². The van der Waals surface area contributed by atoms with Crippen LogP contribution >= 0.6 is 0 Å². The van der Waals surface area contributed by atoms with Crippen LogP contribution in [-0.2, 0) is 0 Å². The molecule has 0 radical (unpaired) electrons. The molecule has 3 rings (SSSR count). The van der Waals surface area contributed by atoms with Crippen molar-refractivity contribution < 1.29 is 8.91 Å². The molecule has 0 amide bonds. The SMILES string of the molecule is Cc1ccc(F)c(-c2nc(-c3ncn[nH]3)no2)c1. The summed E-state index contributed by atoms with van der Waals surface area (Å²) in [5, 5.41) is 10.0. The van der Waals surface area contributed by atoms with Crippen molar-refractivity contribution in [1.29, 1.82) is 0 Å². The normalized spacial score (nSPS) is 10.8. The second-order valence-corrected chi connectivity index (χ2v) is 3.74. The van der Waals surface area contributed by atoms with Crippen molar-refractivity contribution in [1.82, 2.24) is 25.3 Å². The molecule has 0 bridgehead atoms. The van der Waals surface area contributed by atoms with Gasteiger partial charge in [0.1, 0.15) is 12.1 Å². The summed E-state index contributed by atoms with van der Waals surface area (Å²) < 4.78 is 18.7. The Labute approximate surface area is 101 Å². The molecule has 0 saturated heterocycles. The maximum absolute atomic E-state index is 13.6. The van der Waals surface area contributed by atoms with Gasteiger partial charge in [0, 0.05) is 0 Å². The van der Waals surface area contributed by atoms with E-state index in [0.717, 1.165) is 5.56 Å². The van der Waals surface area contributed by atoms with E-state index in [0.29, 0.717) is 5.82 Å². The van der Waals surface area contributed by atoms with Crippen LogP contribution in [-0.4, -0.2) is 25.3 Å². The lowest BCUT2D eigenvalue weighted by Crippen LogP contribution is -1.87. The van der Waals surface area contributed by atoms with E-state index in [9.17, 15) is 4.39 Å². The lowest BCUT2D eigenvalue weighted by atomic mass is 10.1. The summed E-state index contributed by atoms with van der Waals surface area (Å²) in [7, 11) is 0. The molecule has 0 spiro atoms. The predicted molar refractivity (Wildman–Crippen MR) is 59.8 cm³/mol. The summed E-state index contributed by atoms with van der Waals surface area (Å²) in [5.41, 5.74) is 1.18. The van der Waals surface area contributed by atoms with Crippen LogP contribution in [0.3, 0.4) is 0 Å². The Kier molecular flexibility index (Phi) is 2.36. The molecule has 0 aliphatic rings. The topological polar surface area (TPSA) is 80.5 Å². The van der Waals surface area contributed by atoms with Crippen LogP contribution in [0.4, 0.5) is 4.39 Å². The molecule has 0 aliphatic heterocycles. The van der Waals surface area contributed by atoms with Gasteiger partial charge in [-0.1, -0.05) is 16.8 Å². The Hall–Kier alpha value is -2.57. The van der Waals surface area contributed by atoms with Gasteiger partial charge in [-0.25, -0.2) is 9.37 Å². The Morgan fingerprint density at radius 1 is 1.33 bits per heavy atom. The second kappa shape index (κ2) is 4.02. The zero-order valence-electron chi connectivity index (χ0n) is 9.38. The molecule has 2 heterocycles. The summed E-state index contributed by atoms with van der Waals surface area (Å²) in [6, 6.07) is 4.68. The van der Waals surface area contributed by atoms with Gasteiger partial charge < -0.3 is 4.52 Å². The van der Waals surface area contributed by atoms with Crippen LogP contribution in [0.25, 0.3) is 23.1 Å². The third-order valence-electron chi connectivity index (χ3n) is 2.41. The smallest absolute Gasteiger partial charge is 0.261 e. The van der Waals surface area contributed by atoms with Gasteiger partial charge in [0.2, 0.25) is 5.82 Å². The quantitative estimate of drug-likeness (QED) is 0.746. The number of nitrogens with one attached hydrogen (secondary N) is 1. The van der Waals surface area contributed by atoms with Gasteiger partial charge in [-0.3, -0.25) is 5.10 Å². The van der Waals surface area contributed by atoms with Gasteiger partial charge in [-0.2, -0.15) is 10.1 Å². The molecule has 18 heavy (non-hydrogen) atoms. The highest BCUT2D eigenvalue weighted by Crippen LogP contribution is 2.23. The van der Waals surface area contributed by atoms with Crippen LogP contribution in [0.1, 0.15) is 5.56 Å². The second-order valence-electron chi connectivity index (χ2n) is 3.74. The van der Waals surface area contributed by atoms with Crippen molar-refractivity contribution >= 4 is 0 Å². The Bertz CT molecular complexity index is 677. The van der Waals surface area contributed by atoms with E-state index < -0.39 is 5.82 Å². The molecule has 0 saturated carbocycles. The molecule has 7 heteroatoms. The highest BCUT2D eigenvalue weighted by Gasteiger charge is 2.15. The van der Waals surface area contributed by atoms with Gasteiger partial charge in [-0.15, -0.1) is 0 Å². The summed E-state index contributed by atoms with van der Waals surface area (Å²) >= 11 is 0. The number of aryl methyl sites for hydroxylation is 1. The average Bonchev–Trinajstić information content (AvgIpc) is 3.00. The molecule has 90 valence electrons. The van der Waals surface area contributed by atoms with Crippen LogP contribution in [0.15, 0.2) is 29.0 Å². The zero-order chi connectivity index (χ0) is 12.5. The average molecular weight is 245 g/mol. The first-order valence-electron chi connectivity index (χ1n) is 5.20. The van der Waals surface area contributed by atoms with E-state index in [-0.39, 0.29) is 17.3 Å². The van der Waals surface area contributed by atoms with E-state index in [1.165, 1.54) is 12.4 Å². The zero-order valence-corrected chi connectivity index (χ0v) is 9.38. The number of rotatable bonds is 2. The highest BCUT2D eigenvalue weighted by atomic mass is 19.1. The lowest BCUT2D eigenvalue weighted by molar-refractivity contribution is 0.429. The van der Waals surface area contributed by atoms with Gasteiger partial charge in [0.25, 0.3) is 5.89 Å². The molecule has 0 unspecified atom stereocenters. The first kappa shape index (κ1) is 10.6. The standard InChI is InChI=1S/C11H8FN5O/c1-6-2-3-8(12)7(4-6)11-15-10(17-18-11)9-13-5-14-16-9/h2-5H,1H3,(H,13,14,16). The van der Waals surface area contributed by atoms with E-state index in [1.54, 1.807) is 12.1 Å². The molecule has 6 nitrogen and oxygen atoms in total. The number of aromatic amines is 1. The van der Waals surface area contributed by atoms with Crippen molar-refractivity contribution in [2.45, 2.75) is 6.92 Å². The number of benzene rings is 1. The predicted octanol–water partition coefficient (Wildman–Crippen LogP) is 1.97. The molecule has 0 atom stereocenters. The number of H-pyrrole nitrogens is 1. The molecule has 1 N–H and O–H groups in total. The number of nitrogens with zero attached hydrogens (tertiary/aromatic N) is 4. The van der Waals surface area contributed by atoms with Gasteiger partial charge in [0.15, 0.2) is 5.82 Å². The first-order chi connectivity index (χ1) is 8.74. The minimum Gasteiger partial charge on any atom is -0.333 e. The van der Waals surface area contributed by atoms with Gasteiger partial charge >= 0.3 is 0 Å². The third kappa shape index (κ3) is 1.75. The first-order valence-corrected chi connectivity index (χ1v) is 5.20. The summed E-state index contributed by atoms with van der Waals surface area (Å²) in [6.07, 6.45) is 1.33. The third-order valence-corrected chi connectivity index (χ3v) is 2.41. The molecule has 3 aromatic rings. The van der Waals surface area contributed by atoms with Crippen molar-refractivity contribution in [2.24, 2.45) is 0 Å². The van der Waals surface area contributed by atoms with E-state index in [2.05, 4.69) is 25.3 Å². The van der Waals surface area contributed by atoms with E-state index in [1.807, 2.05) is 6.92 Å². The molecule has 1 aromatic carbocycles. The summed E-state index contributed by atoms with van der Waals surface area (Å²) in [6.45, 7) is 1.86. The van der Waals surface area contributed by atoms with Crippen LogP contribution in [0.5, 0.6) is 0 Å². The van der Waals surface area contributed by atoms with E-state index >= 15 is 0 Å². The maximum atomic E-state index is 13.6. The van der Waals surface area contributed by atoms with Crippen molar-refractivity contribution in [3.05, 3.63) is 35.9 Å². The number of halogens is 1. The molecule has 0 aliphatic carbocycles. The molecular formula is C11H8FN5O. The maximum Gasteiger partial charge on any atom is 0.261 e. The lowest BCUT2D eigenvalue weighted by Gasteiger charge is -1.98. The van der Waals surface area contributed by atoms with Crippen molar-refractivity contribution in [2.75, 3.05) is 0 Å². The number of hydrogen-bond donors (Lipinski definition) is 1. The Morgan fingerprint density at radius 3 is 3.00 bits per heavy atom. The minimum absolute atomic E-state index is 0.114. The fraction of sp³-hybridized carbons (Fsp3) is 0.0909. The van der Waals surface area contributed by atoms with Crippen LogP contribution in [0.2, 0.25) is 0 Å². The Morgan fingerprint density at radius 2 is 2.22 bits per heavy atom. The molecule has 2 aromatic heterocycles. The Balaban J connectivity index is 2.05. The fourth-order valence-electron chi connectivity index (χ4n) is 1.55. The van der Waals surface area contributed by atoms with Gasteiger partial charge in [-0.05, 0) is 19.1 Å². The van der Waals surface area contributed by atoms with Crippen LogP contribution < -0.4 is 0 Å². The van der Waals surface area contributed by atoms with Gasteiger partial charge in [0.05, 0.1) is 5.56 Å². The fourth-order valence-corrected chi connectivity index (χ4v) is 1.55. The largest absolute Gasteiger partial charge is 0.333 e. The van der Waals surface area contributed by atoms with Crippen molar-refractivity contribution in [3.63, 3.8) is 0 Å². The summed E-state index contributed by atoms with van der Waals surface area (Å²) in [4.78, 5) is 7.96. The molecular weight excluding hydrogens is 237 g/mol. The molecule has 0 fully saturated rings. The highest BCUT2D eigenvalue weighted by molar-refractivity contribution is 5.57. The summed E-state index contributed by atoms with van der Waals surface area (Å²) in [5.74, 6) is 0.317. The monoisotopic (exact) mass is 245 g/mol. The number of aromatic nitrogens is 5. The van der Waals surface area contributed by atoms with Crippen molar-refractivity contribution in [3.8, 4) is 23.1 Å². The number of hydrogen-bond acceptors (Lipinski definition) is 5. The van der Waals surface area contributed by atoms with E-state index in [4.69, 9.17) is 4.52 Å². The minimum atomic E-state index is -0.409.